The summed E-state index contributed by atoms with van der Waals surface area (Å²) in [6.07, 6.45) is 3.26. The lowest BCUT2D eigenvalue weighted by Gasteiger charge is -2.19. The molecule has 9 heteroatoms. The summed E-state index contributed by atoms with van der Waals surface area (Å²) < 4.78 is 6.09. The molecule has 3 heterocycles. The number of nitrogen functional groups attached to an aromatic ring is 1. The second kappa shape index (κ2) is 10.6. The van der Waals surface area contributed by atoms with Crippen molar-refractivity contribution < 1.29 is 9.84 Å². The van der Waals surface area contributed by atoms with E-state index in [0.29, 0.717) is 28.7 Å². The van der Waals surface area contributed by atoms with Gasteiger partial charge in [0.05, 0.1) is 16.9 Å². The largest absolute Gasteiger partial charge is 0.438 e. The molecule has 6 rings (SSSR count). The second-order valence-corrected chi connectivity index (χ2v) is 9.99. The molecule has 41 heavy (non-hydrogen) atoms. The third-order valence-corrected chi connectivity index (χ3v) is 6.58. The van der Waals surface area contributed by atoms with Gasteiger partial charge in [-0.3, -0.25) is 0 Å². The van der Waals surface area contributed by atoms with Crippen molar-refractivity contribution in [1.82, 2.24) is 25.1 Å². The van der Waals surface area contributed by atoms with Crippen LogP contribution in [0.25, 0.3) is 33.3 Å². The molecule has 202 valence electrons. The first-order chi connectivity index (χ1) is 19.8. The monoisotopic (exact) mass is 541 g/mol. The first kappa shape index (κ1) is 25.8. The van der Waals surface area contributed by atoms with E-state index >= 15 is 0 Å². The molecule has 0 bridgehead atoms. The Morgan fingerprint density at radius 2 is 1.61 bits per heavy atom. The van der Waals surface area contributed by atoms with Gasteiger partial charge in [0.15, 0.2) is 5.82 Å². The normalized spacial score (nSPS) is 11.4. The Labute approximate surface area is 236 Å². The van der Waals surface area contributed by atoms with Crippen LogP contribution < -0.4 is 15.8 Å². The number of benzene rings is 3. The summed E-state index contributed by atoms with van der Waals surface area (Å²) in [6, 6.07) is 28.7. The van der Waals surface area contributed by atoms with Gasteiger partial charge < -0.3 is 20.9 Å². The highest BCUT2D eigenvalue weighted by Crippen LogP contribution is 2.34. The summed E-state index contributed by atoms with van der Waals surface area (Å²) in [7, 11) is 0. The number of nitrogens with two attached hydrogens (primary N) is 1. The summed E-state index contributed by atoms with van der Waals surface area (Å²) in [6.45, 7) is 3.53. The molecule has 0 aliphatic heterocycles. The van der Waals surface area contributed by atoms with Gasteiger partial charge in [-0.15, -0.1) is 10.2 Å². The van der Waals surface area contributed by atoms with Gasteiger partial charge in [0.2, 0.25) is 11.8 Å². The van der Waals surface area contributed by atoms with Crippen LogP contribution in [0.5, 0.6) is 11.6 Å². The van der Waals surface area contributed by atoms with Crippen molar-refractivity contribution in [3.63, 3.8) is 0 Å². The fraction of sp³-hybridized carbons (Fsp3) is 0.0938. The highest BCUT2D eigenvalue weighted by atomic mass is 16.5. The topological polar surface area (TPSA) is 132 Å². The Morgan fingerprint density at radius 3 is 2.39 bits per heavy atom. The summed E-state index contributed by atoms with van der Waals surface area (Å²) in [5.41, 5.74) is 9.40. The van der Waals surface area contributed by atoms with Crippen LogP contribution in [-0.2, 0) is 5.60 Å². The van der Waals surface area contributed by atoms with Gasteiger partial charge in [-0.05, 0) is 67.9 Å². The van der Waals surface area contributed by atoms with Crippen LogP contribution in [0.2, 0.25) is 0 Å². The number of nitrogens with zero attached hydrogens (tertiary/aromatic N) is 5. The number of ether oxygens (including phenoxy) is 1. The number of anilines is 3. The summed E-state index contributed by atoms with van der Waals surface area (Å²) in [4.78, 5) is 12.6. The van der Waals surface area contributed by atoms with E-state index in [1.165, 1.54) is 0 Å². The van der Waals surface area contributed by atoms with Crippen LogP contribution in [0.15, 0.2) is 103 Å². The number of aliphatic hydroxyl groups is 1. The molecule has 0 saturated carbocycles. The molecule has 0 spiro atoms. The minimum atomic E-state index is -0.960. The van der Waals surface area contributed by atoms with Gasteiger partial charge in [-0.2, -0.15) is 0 Å². The van der Waals surface area contributed by atoms with E-state index in [1.54, 1.807) is 32.3 Å². The molecule has 0 amide bonds. The van der Waals surface area contributed by atoms with E-state index in [0.717, 1.165) is 33.3 Å². The summed E-state index contributed by atoms with van der Waals surface area (Å²) in [5.74, 6) is 1.83. The van der Waals surface area contributed by atoms with E-state index < -0.39 is 5.60 Å². The molecule has 3 aromatic carbocycles. The van der Waals surface area contributed by atoms with Crippen LogP contribution >= 0.6 is 0 Å². The lowest BCUT2D eigenvalue weighted by molar-refractivity contribution is 0.0786. The van der Waals surface area contributed by atoms with Crippen LogP contribution in [0.3, 0.4) is 0 Å². The number of rotatable bonds is 7. The standard InChI is InChI=1S/C32H27N7O2/c1-32(2,40)21-8-5-7-20(19-21)28-24-9-3-4-10-25(24)29(39-38-28)36-22-12-14-23(15-13-22)41-30-26(11-6-17-34-30)27-16-18-35-31(33)37-27/h3-19,40H,1-2H3,(H,36,39)(H2,33,35,37). The van der Waals surface area contributed by atoms with Gasteiger partial charge in [0.1, 0.15) is 11.4 Å². The summed E-state index contributed by atoms with van der Waals surface area (Å²) in [5, 5.41) is 24.8. The van der Waals surface area contributed by atoms with Gasteiger partial charge in [-0.1, -0.05) is 42.5 Å². The Balaban J connectivity index is 1.26. The highest BCUT2D eigenvalue weighted by Gasteiger charge is 2.18. The zero-order valence-electron chi connectivity index (χ0n) is 22.5. The predicted molar refractivity (Wildman–Crippen MR) is 160 cm³/mol. The van der Waals surface area contributed by atoms with Crippen molar-refractivity contribution in [2.75, 3.05) is 11.1 Å². The maximum absolute atomic E-state index is 10.5. The molecule has 9 nitrogen and oxygen atoms in total. The SMILES string of the molecule is CC(C)(O)c1cccc(-c2nnc(Nc3ccc(Oc4ncccc4-c4ccnc(N)n4)cc3)c3ccccc23)c1. The average molecular weight is 542 g/mol. The van der Waals surface area contributed by atoms with E-state index in [-0.39, 0.29) is 5.95 Å². The lowest BCUT2D eigenvalue weighted by Crippen LogP contribution is -2.15. The third kappa shape index (κ3) is 5.52. The van der Waals surface area contributed by atoms with Gasteiger partial charge in [-0.25, -0.2) is 15.0 Å². The van der Waals surface area contributed by atoms with E-state index in [1.807, 2.05) is 84.9 Å². The number of aromatic nitrogens is 5. The number of fused-ring (bicyclic) bond motifs is 1. The zero-order chi connectivity index (χ0) is 28.4. The molecule has 3 aromatic heterocycles. The van der Waals surface area contributed by atoms with Crippen molar-refractivity contribution in [2.45, 2.75) is 19.4 Å². The Kier molecular flexibility index (Phi) is 6.70. The number of pyridine rings is 1. The maximum Gasteiger partial charge on any atom is 0.228 e. The fourth-order valence-corrected chi connectivity index (χ4v) is 4.50. The van der Waals surface area contributed by atoms with Crippen molar-refractivity contribution in [2.24, 2.45) is 0 Å². The molecule has 0 saturated heterocycles. The number of hydrogen-bond acceptors (Lipinski definition) is 9. The first-order valence-electron chi connectivity index (χ1n) is 13.0. The van der Waals surface area contributed by atoms with Crippen molar-refractivity contribution in [3.05, 3.63) is 109 Å². The molecule has 0 fully saturated rings. The average Bonchev–Trinajstić information content (AvgIpc) is 2.98. The van der Waals surface area contributed by atoms with Gasteiger partial charge >= 0.3 is 0 Å². The first-order valence-corrected chi connectivity index (χ1v) is 13.0. The molecule has 0 aliphatic carbocycles. The minimum absolute atomic E-state index is 0.180. The lowest BCUT2D eigenvalue weighted by atomic mass is 9.94. The van der Waals surface area contributed by atoms with Gasteiger partial charge in [0, 0.05) is 34.4 Å². The highest BCUT2D eigenvalue weighted by molar-refractivity contribution is 6.00. The predicted octanol–water partition coefficient (Wildman–Crippen LogP) is 6.49. The maximum atomic E-state index is 10.5. The van der Waals surface area contributed by atoms with Crippen molar-refractivity contribution >= 4 is 28.2 Å². The third-order valence-electron chi connectivity index (χ3n) is 6.58. The van der Waals surface area contributed by atoms with Crippen LogP contribution in [0, 0.1) is 0 Å². The quantitative estimate of drug-likeness (QED) is 0.207. The van der Waals surface area contributed by atoms with Crippen LogP contribution in [0.1, 0.15) is 19.4 Å². The molecule has 0 atom stereocenters. The van der Waals surface area contributed by atoms with Crippen molar-refractivity contribution in [3.8, 4) is 34.1 Å². The van der Waals surface area contributed by atoms with Gasteiger partial charge in [0.25, 0.3) is 0 Å². The summed E-state index contributed by atoms with van der Waals surface area (Å²) >= 11 is 0. The molecular weight excluding hydrogens is 514 g/mol. The Hall–Kier alpha value is -5.41. The molecule has 0 aliphatic rings. The van der Waals surface area contributed by atoms with Crippen LogP contribution in [-0.4, -0.2) is 30.3 Å². The number of hydrogen-bond donors (Lipinski definition) is 3. The second-order valence-electron chi connectivity index (χ2n) is 9.99. The smallest absolute Gasteiger partial charge is 0.228 e. The molecule has 0 unspecified atom stereocenters. The van der Waals surface area contributed by atoms with Crippen molar-refractivity contribution in [1.29, 1.82) is 0 Å². The molecular formula is C32H27N7O2. The Morgan fingerprint density at radius 1 is 0.805 bits per heavy atom. The minimum Gasteiger partial charge on any atom is -0.438 e. The molecule has 0 radical (unpaired) electrons. The number of nitrogens with one attached hydrogen (secondary N) is 1. The Bertz CT molecular complexity index is 1850. The van der Waals surface area contributed by atoms with Crippen LogP contribution in [0.4, 0.5) is 17.5 Å². The molecule has 4 N–H and O–H groups in total. The van der Waals surface area contributed by atoms with E-state index in [9.17, 15) is 5.11 Å². The fourth-order valence-electron chi connectivity index (χ4n) is 4.50. The van der Waals surface area contributed by atoms with E-state index in [4.69, 9.17) is 10.5 Å². The molecule has 6 aromatic rings. The zero-order valence-corrected chi connectivity index (χ0v) is 22.5. The van der Waals surface area contributed by atoms with E-state index in [2.05, 4.69) is 30.5 Å².